The van der Waals surface area contributed by atoms with Crippen LogP contribution in [0.2, 0.25) is 0 Å². The number of nitrogens with zero attached hydrogens (tertiary/aromatic N) is 5. The highest BCUT2D eigenvalue weighted by Gasteiger charge is 2.22. The lowest BCUT2D eigenvalue weighted by molar-refractivity contribution is 0.591. The molecule has 1 fully saturated rings. The van der Waals surface area contributed by atoms with Crippen molar-refractivity contribution >= 4 is 22.8 Å². The molecule has 3 aromatic rings. The number of para-hydroxylation sites is 1. The maximum absolute atomic E-state index is 13.9. The summed E-state index contributed by atoms with van der Waals surface area (Å²) in [6, 6.07) is 10.8. The number of fused-ring (bicyclic) bond motifs is 1. The molecule has 0 bridgehead atoms. The molecule has 0 spiro atoms. The van der Waals surface area contributed by atoms with E-state index < -0.39 is 0 Å². The van der Waals surface area contributed by atoms with Crippen LogP contribution in [0.3, 0.4) is 0 Å². The number of pyridine rings is 1. The monoisotopic (exact) mass is 311 g/mol. The zero-order chi connectivity index (χ0) is 15.8. The minimum atomic E-state index is -0.159. The minimum absolute atomic E-state index is 0.159. The Balaban J connectivity index is 1.55. The first kappa shape index (κ1) is 14.0. The number of anilines is 2. The van der Waals surface area contributed by atoms with E-state index >= 15 is 0 Å². The predicted molar refractivity (Wildman–Crippen MR) is 89.3 cm³/mol. The van der Waals surface area contributed by atoms with Crippen molar-refractivity contribution in [3.63, 3.8) is 0 Å². The molecular weight excluding hydrogens is 293 g/mol. The Bertz CT molecular complexity index is 836. The fraction of sp³-hybridized carbons (Fsp3) is 0.294. The Morgan fingerprint density at radius 3 is 2.43 bits per heavy atom. The molecule has 118 valence electrons. The van der Waals surface area contributed by atoms with E-state index in [0.717, 1.165) is 43.3 Å². The lowest BCUT2D eigenvalue weighted by atomic mass is 10.2. The van der Waals surface area contributed by atoms with Crippen molar-refractivity contribution in [2.24, 2.45) is 7.05 Å². The highest BCUT2D eigenvalue weighted by molar-refractivity contribution is 5.74. The predicted octanol–water partition coefficient (Wildman–Crippen LogP) is 2.43. The van der Waals surface area contributed by atoms with Gasteiger partial charge in [-0.2, -0.15) is 0 Å². The van der Waals surface area contributed by atoms with Gasteiger partial charge in [0.1, 0.15) is 11.3 Å². The Kier molecular flexibility index (Phi) is 3.37. The summed E-state index contributed by atoms with van der Waals surface area (Å²) in [5, 5.41) is 0. The van der Waals surface area contributed by atoms with E-state index in [1.165, 1.54) is 6.07 Å². The number of aromatic nitrogens is 3. The number of aryl methyl sites for hydroxylation is 1. The number of piperazine rings is 1. The molecule has 0 unspecified atom stereocenters. The molecule has 1 aliphatic heterocycles. The summed E-state index contributed by atoms with van der Waals surface area (Å²) in [5.74, 6) is 0.764. The molecule has 0 atom stereocenters. The molecule has 0 saturated carbocycles. The smallest absolute Gasteiger partial charge is 0.207 e. The average molecular weight is 311 g/mol. The van der Waals surface area contributed by atoms with Crippen LogP contribution >= 0.6 is 0 Å². The summed E-state index contributed by atoms with van der Waals surface area (Å²) in [6.45, 7) is 3.17. The van der Waals surface area contributed by atoms with Gasteiger partial charge in [-0.05, 0) is 24.3 Å². The van der Waals surface area contributed by atoms with Crippen molar-refractivity contribution in [1.29, 1.82) is 0 Å². The Labute approximate surface area is 134 Å². The van der Waals surface area contributed by atoms with E-state index in [1.807, 2.05) is 35.9 Å². The maximum Gasteiger partial charge on any atom is 0.207 e. The second kappa shape index (κ2) is 5.53. The third kappa shape index (κ3) is 2.40. The lowest BCUT2D eigenvalue weighted by Gasteiger charge is -2.36. The largest absolute Gasteiger partial charge is 0.366 e. The van der Waals surface area contributed by atoms with Gasteiger partial charge in [0.2, 0.25) is 5.95 Å². The van der Waals surface area contributed by atoms with E-state index in [1.54, 1.807) is 12.3 Å². The number of rotatable bonds is 2. The van der Waals surface area contributed by atoms with Gasteiger partial charge in [-0.3, -0.25) is 4.57 Å². The van der Waals surface area contributed by atoms with Crippen LogP contribution in [0.25, 0.3) is 11.2 Å². The maximum atomic E-state index is 13.9. The van der Waals surface area contributed by atoms with Crippen molar-refractivity contribution in [1.82, 2.24) is 14.5 Å². The zero-order valence-electron chi connectivity index (χ0n) is 13.0. The van der Waals surface area contributed by atoms with Crippen LogP contribution in [-0.4, -0.2) is 40.7 Å². The molecule has 1 aliphatic rings. The van der Waals surface area contributed by atoms with E-state index in [-0.39, 0.29) is 5.82 Å². The van der Waals surface area contributed by atoms with Crippen LogP contribution in [-0.2, 0) is 7.05 Å². The van der Waals surface area contributed by atoms with E-state index in [9.17, 15) is 4.39 Å². The Morgan fingerprint density at radius 1 is 0.957 bits per heavy atom. The van der Waals surface area contributed by atoms with Gasteiger partial charge in [0, 0.05) is 39.4 Å². The number of hydrogen-bond donors (Lipinski definition) is 0. The molecule has 0 N–H and O–H groups in total. The third-order valence-corrected chi connectivity index (χ3v) is 4.36. The number of halogens is 1. The molecule has 1 aromatic carbocycles. The van der Waals surface area contributed by atoms with Crippen LogP contribution in [0.1, 0.15) is 0 Å². The SMILES string of the molecule is Cn1c(N2CCN(c3ccccc3F)CC2)nc2cccnc21. The van der Waals surface area contributed by atoms with E-state index in [4.69, 9.17) is 0 Å². The van der Waals surface area contributed by atoms with Gasteiger partial charge in [0.25, 0.3) is 0 Å². The fourth-order valence-corrected chi connectivity index (χ4v) is 3.15. The van der Waals surface area contributed by atoms with Gasteiger partial charge in [-0.15, -0.1) is 0 Å². The lowest BCUT2D eigenvalue weighted by Crippen LogP contribution is -2.47. The van der Waals surface area contributed by atoms with Crippen molar-refractivity contribution in [2.45, 2.75) is 0 Å². The van der Waals surface area contributed by atoms with Gasteiger partial charge in [-0.1, -0.05) is 12.1 Å². The molecule has 0 aliphatic carbocycles. The van der Waals surface area contributed by atoms with E-state index in [2.05, 4.69) is 19.8 Å². The molecule has 2 aromatic heterocycles. The third-order valence-electron chi connectivity index (χ3n) is 4.36. The van der Waals surface area contributed by atoms with Gasteiger partial charge in [-0.25, -0.2) is 14.4 Å². The standard InChI is InChI=1S/C17H18FN5/c1-21-16-14(6-4-8-19-16)20-17(21)23-11-9-22(10-12-23)15-7-3-2-5-13(15)18/h2-8H,9-12H2,1H3. The van der Waals surface area contributed by atoms with Crippen LogP contribution in [0.4, 0.5) is 16.0 Å². The average Bonchev–Trinajstić information content (AvgIpc) is 2.93. The molecule has 3 heterocycles. The van der Waals surface area contributed by atoms with Gasteiger partial charge in [0.05, 0.1) is 5.69 Å². The second-order valence-corrected chi connectivity index (χ2v) is 5.74. The second-order valence-electron chi connectivity index (χ2n) is 5.74. The number of imidazole rings is 1. The van der Waals surface area contributed by atoms with Crippen LogP contribution in [0, 0.1) is 5.82 Å². The number of benzene rings is 1. The van der Waals surface area contributed by atoms with Gasteiger partial charge in [0.15, 0.2) is 5.65 Å². The highest BCUT2D eigenvalue weighted by atomic mass is 19.1. The summed E-state index contributed by atoms with van der Waals surface area (Å²) in [7, 11) is 1.99. The Hall–Kier alpha value is -2.63. The first-order chi connectivity index (χ1) is 11.2. The molecule has 23 heavy (non-hydrogen) atoms. The fourth-order valence-electron chi connectivity index (χ4n) is 3.15. The van der Waals surface area contributed by atoms with E-state index in [0.29, 0.717) is 5.69 Å². The van der Waals surface area contributed by atoms with Crippen molar-refractivity contribution in [3.05, 3.63) is 48.4 Å². The van der Waals surface area contributed by atoms with Crippen LogP contribution in [0.5, 0.6) is 0 Å². The van der Waals surface area contributed by atoms with Crippen molar-refractivity contribution in [3.8, 4) is 0 Å². The Morgan fingerprint density at radius 2 is 1.70 bits per heavy atom. The van der Waals surface area contributed by atoms with Crippen LogP contribution < -0.4 is 9.80 Å². The molecular formula is C17H18FN5. The first-order valence-electron chi connectivity index (χ1n) is 7.76. The summed E-state index contributed by atoms with van der Waals surface area (Å²) in [4.78, 5) is 13.4. The summed E-state index contributed by atoms with van der Waals surface area (Å²) in [6.07, 6.45) is 1.78. The van der Waals surface area contributed by atoms with Crippen molar-refractivity contribution < 1.29 is 4.39 Å². The van der Waals surface area contributed by atoms with Gasteiger partial charge < -0.3 is 9.80 Å². The molecule has 5 nitrogen and oxygen atoms in total. The summed E-state index contributed by atoms with van der Waals surface area (Å²) >= 11 is 0. The molecule has 6 heteroatoms. The summed E-state index contributed by atoms with van der Waals surface area (Å²) < 4.78 is 15.9. The van der Waals surface area contributed by atoms with Gasteiger partial charge >= 0.3 is 0 Å². The number of hydrogen-bond acceptors (Lipinski definition) is 4. The quantitative estimate of drug-likeness (QED) is 0.728. The normalized spacial score (nSPS) is 15.4. The molecule has 1 saturated heterocycles. The minimum Gasteiger partial charge on any atom is -0.366 e. The van der Waals surface area contributed by atoms with Crippen molar-refractivity contribution in [2.75, 3.05) is 36.0 Å². The zero-order valence-corrected chi connectivity index (χ0v) is 13.0. The summed E-state index contributed by atoms with van der Waals surface area (Å²) in [5.41, 5.74) is 2.47. The topological polar surface area (TPSA) is 37.2 Å². The molecule has 0 radical (unpaired) electrons. The highest BCUT2D eigenvalue weighted by Crippen LogP contribution is 2.24. The van der Waals surface area contributed by atoms with Crippen LogP contribution in [0.15, 0.2) is 42.6 Å². The molecule has 4 rings (SSSR count). The first-order valence-corrected chi connectivity index (χ1v) is 7.76. The molecule has 0 amide bonds.